The predicted octanol–water partition coefficient (Wildman–Crippen LogP) is 4.51. The number of hydrogen-bond acceptors (Lipinski definition) is 5. The van der Waals surface area contributed by atoms with Gasteiger partial charge in [-0.2, -0.15) is 11.8 Å². The van der Waals surface area contributed by atoms with Gasteiger partial charge in [-0.05, 0) is 42.5 Å². The first-order valence-corrected chi connectivity index (χ1v) is 14.6. The van der Waals surface area contributed by atoms with Crippen LogP contribution in [0, 0.1) is 6.92 Å². The second-order valence-corrected chi connectivity index (χ2v) is 11.2. The molecule has 208 valence electrons. The summed E-state index contributed by atoms with van der Waals surface area (Å²) in [6, 6.07) is 19.1. The molecule has 3 atom stereocenters. The van der Waals surface area contributed by atoms with E-state index in [1.807, 2.05) is 55.5 Å². The number of nitrogens with zero attached hydrogens (tertiary/aromatic N) is 2. The highest BCUT2D eigenvalue weighted by Gasteiger charge is 2.53. The monoisotopic (exact) mass is 568 g/mol. The number of amides is 4. The van der Waals surface area contributed by atoms with Gasteiger partial charge < -0.3 is 15.4 Å². The van der Waals surface area contributed by atoms with Gasteiger partial charge in [0.1, 0.15) is 18.1 Å². The molecule has 2 aliphatic heterocycles. The van der Waals surface area contributed by atoms with Crippen molar-refractivity contribution in [3.8, 4) is 0 Å². The van der Waals surface area contributed by atoms with Crippen LogP contribution in [0.3, 0.4) is 0 Å². The number of carbonyl (C=O) groups is 4. The molecule has 3 aromatic carbocycles. The Bertz CT molecular complexity index is 1700. The molecule has 0 spiro atoms. The molecule has 6 rings (SSSR count). The number of thioether (sulfide) groups is 1. The predicted molar refractivity (Wildman–Crippen MR) is 157 cm³/mol. The molecule has 3 N–H and O–H groups in total. The second kappa shape index (κ2) is 10.4. The molecule has 2 aliphatic rings. The quantitative estimate of drug-likeness (QED) is 0.282. The Hall–Kier alpha value is -4.57. The smallest absolute Gasteiger partial charge is 0.332 e. The number of H-pyrrole nitrogens is 1. The van der Waals surface area contributed by atoms with Crippen molar-refractivity contribution in [3.63, 3.8) is 0 Å². The van der Waals surface area contributed by atoms with Crippen molar-refractivity contribution in [2.45, 2.75) is 31.5 Å². The number of urea groups is 1. The largest absolute Gasteiger partial charge is 0.480 e. The van der Waals surface area contributed by atoms with E-state index in [4.69, 9.17) is 0 Å². The molecule has 1 saturated heterocycles. The Labute approximate surface area is 240 Å². The molecule has 41 heavy (non-hydrogen) atoms. The summed E-state index contributed by atoms with van der Waals surface area (Å²) in [5, 5.41) is 13.1. The van der Waals surface area contributed by atoms with Crippen molar-refractivity contribution in [1.82, 2.24) is 15.2 Å². The van der Waals surface area contributed by atoms with Crippen LogP contribution >= 0.6 is 11.8 Å². The third kappa shape index (κ3) is 4.44. The first-order chi connectivity index (χ1) is 19.8. The highest BCUT2D eigenvalue weighted by Crippen LogP contribution is 2.45. The topological polar surface area (TPSA) is 123 Å². The van der Waals surface area contributed by atoms with Crippen molar-refractivity contribution in [1.29, 1.82) is 0 Å². The molecule has 4 aromatic rings. The van der Waals surface area contributed by atoms with E-state index >= 15 is 0 Å². The normalized spacial score (nSPS) is 18.8. The number of fused-ring (bicyclic) bond motifs is 4. The van der Waals surface area contributed by atoms with Gasteiger partial charge in [-0.3, -0.25) is 14.5 Å². The molecule has 4 amide bonds. The maximum atomic E-state index is 14.2. The van der Waals surface area contributed by atoms with Crippen molar-refractivity contribution >= 4 is 52.2 Å². The third-order valence-electron chi connectivity index (χ3n) is 7.77. The zero-order valence-electron chi connectivity index (χ0n) is 22.5. The van der Waals surface area contributed by atoms with E-state index < -0.39 is 41.9 Å². The molecule has 0 radical (unpaired) electrons. The van der Waals surface area contributed by atoms with Crippen molar-refractivity contribution in [2.24, 2.45) is 0 Å². The summed E-state index contributed by atoms with van der Waals surface area (Å²) in [6.07, 6.45) is 2.07. The van der Waals surface area contributed by atoms with Gasteiger partial charge >= 0.3 is 12.0 Å². The molecule has 1 fully saturated rings. The lowest BCUT2D eigenvalue weighted by atomic mass is 9.88. The lowest BCUT2D eigenvalue weighted by molar-refractivity contribution is -0.138. The van der Waals surface area contributed by atoms with Gasteiger partial charge in [-0.15, -0.1) is 0 Å². The minimum absolute atomic E-state index is 0.0530. The van der Waals surface area contributed by atoms with Crippen LogP contribution in [0.15, 0.2) is 72.8 Å². The maximum Gasteiger partial charge on any atom is 0.332 e. The van der Waals surface area contributed by atoms with Gasteiger partial charge in [0.25, 0.3) is 11.8 Å². The SMILES string of the molecule is CSC[C@H](NC(=O)c1ccccc1N1C(=O)[C@@H]2Cc3c([nH]c4ccccc34)[C@@H](c3ccc(C)cc3)N2C1=O)C(=O)O. The number of para-hydroxylation sites is 2. The molecule has 0 saturated carbocycles. The summed E-state index contributed by atoms with van der Waals surface area (Å²) in [7, 11) is 0. The van der Waals surface area contributed by atoms with Crippen LogP contribution in [0.4, 0.5) is 10.5 Å². The van der Waals surface area contributed by atoms with Crippen LogP contribution in [0.1, 0.15) is 38.8 Å². The van der Waals surface area contributed by atoms with Crippen molar-refractivity contribution < 1.29 is 24.3 Å². The minimum atomic E-state index is -1.16. The van der Waals surface area contributed by atoms with E-state index in [1.165, 1.54) is 17.8 Å². The Balaban J connectivity index is 1.43. The van der Waals surface area contributed by atoms with Crippen molar-refractivity contribution in [2.75, 3.05) is 16.9 Å². The molecule has 0 aliphatic carbocycles. The third-order valence-corrected chi connectivity index (χ3v) is 8.44. The Morgan fingerprint density at radius 1 is 1.05 bits per heavy atom. The number of hydrogen-bond donors (Lipinski definition) is 3. The molecular weight excluding hydrogens is 540 g/mol. The van der Waals surface area contributed by atoms with Crippen LogP contribution in [-0.2, 0) is 16.0 Å². The number of imide groups is 1. The molecule has 3 heterocycles. The number of aromatic nitrogens is 1. The number of nitrogens with one attached hydrogen (secondary N) is 2. The van der Waals surface area contributed by atoms with Crippen LogP contribution in [0.2, 0.25) is 0 Å². The average Bonchev–Trinajstić information content (AvgIpc) is 3.46. The van der Waals surface area contributed by atoms with E-state index in [0.717, 1.165) is 38.2 Å². The van der Waals surface area contributed by atoms with Crippen LogP contribution in [0.25, 0.3) is 10.9 Å². The van der Waals surface area contributed by atoms with Gasteiger partial charge in [0, 0.05) is 28.8 Å². The minimum Gasteiger partial charge on any atom is -0.480 e. The summed E-state index contributed by atoms with van der Waals surface area (Å²) < 4.78 is 0. The maximum absolute atomic E-state index is 14.2. The Morgan fingerprint density at radius 2 is 1.76 bits per heavy atom. The van der Waals surface area contributed by atoms with Crippen LogP contribution in [0.5, 0.6) is 0 Å². The van der Waals surface area contributed by atoms with E-state index in [1.54, 1.807) is 29.4 Å². The standard InChI is InChI=1S/C31H28N4O5S/c1-17-11-13-18(14-12-17)27-26-21(19-7-3-5-9-22(19)32-26)15-25-29(37)35(31(40)34(25)27)24-10-6-4-8-20(24)28(36)33-23(16-41-2)30(38)39/h3-14,23,25,27,32H,15-16H2,1-2H3,(H,33,36)(H,38,39)/t23-,25-,27+/m0/s1. The van der Waals surface area contributed by atoms with Crippen LogP contribution < -0.4 is 10.2 Å². The summed E-state index contributed by atoms with van der Waals surface area (Å²) in [5.41, 5.74) is 4.90. The summed E-state index contributed by atoms with van der Waals surface area (Å²) in [5.74, 6) is -2.09. The van der Waals surface area contributed by atoms with E-state index in [-0.39, 0.29) is 17.0 Å². The average molecular weight is 569 g/mol. The van der Waals surface area contributed by atoms with E-state index in [0.29, 0.717) is 6.42 Å². The number of aryl methyl sites for hydroxylation is 1. The van der Waals surface area contributed by atoms with Gasteiger partial charge in [0.2, 0.25) is 0 Å². The molecule has 10 heteroatoms. The summed E-state index contributed by atoms with van der Waals surface area (Å²) >= 11 is 1.29. The van der Waals surface area contributed by atoms with E-state index in [9.17, 15) is 24.3 Å². The number of aromatic amines is 1. The number of carboxylic acids is 1. The number of benzene rings is 3. The fourth-order valence-electron chi connectivity index (χ4n) is 5.83. The lowest BCUT2D eigenvalue weighted by Gasteiger charge is -2.36. The summed E-state index contributed by atoms with van der Waals surface area (Å²) in [4.78, 5) is 59.5. The highest BCUT2D eigenvalue weighted by molar-refractivity contribution is 7.98. The molecule has 9 nitrogen and oxygen atoms in total. The van der Waals surface area contributed by atoms with Gasteiger partial charge in [0.05, 0.1) is 11.3 Å². The first kappa shape index (κ1) is 26.6. The number of carbonyl (C=O) groups excluding carboxylic acids is 3. The fourth-order valence-corrected chi connectivity index (χ4v) is 6.39. The van der Waals surface area contributed by atoms with Gasteiger partial charge in [-0.1, -0.05) is 60.2 Å². The van der Waals surface area contributed by atoms with Gasteiger partial charge in [0.15, 0.2) is 0 Å². The Kier molecular flexibility index (Phi) is 6.78. The van der Waals surface area contributed by atoms with Gasteiger partial charge in [-0.25, -0.2) is 14.5 Å². The molecular formula is C31H28N4O5S. The number of aliphatic carboxylic acids is 1. The fraction of sp³-hybridized carbons (Fsp3) is 0.226. The molecule has 0 unspecified atom stereocenters. The first-order valence-electron chi connectivity index (χ1n) is 13.2. The number of rotatable bonds is 7. The zero-order valence-corrected chi connectivity index (χ0v) is 23.3. The summed E-state index contributed by atoms with van der Waals surface area (Å²) in [6.45, 7) is 1.99. The zero-order chi connectivity index (χ0) is 28.8. The molecule has 0 bridgehead atoms. The van der Waals surface area contributed by atoms with E-state index in [2.05, 4.69) is 10.3 Å². The second-order valence-electron chi connectivity index (χ2n) is 10.3. The number of anilines is 1. The number of carboxylic acid groups (broad SMARTS) is 1. The molecule has 1 aromatic heterocycles. The van der Waals surface area contributed by atoms with Crippen LogP contribution in [-0.4, -0.2) is 62.9 Å². The lowest BCUT2D eigenvalue weighted by Crippen LogP contribution is -2.44. The highest BCUT2D eigenvalue weighted by atomic mass is 32.2. The Morgan fingerprint density at radius 3 is 2.49 bits per heavy atom. The van der Waals surface area contributed by atoms with Crippen molar-refractivity contribution in [3.05, 3.63) is 101 Å².